The number of amides is 1. The number of hydrogen-bond donors (Lipinski definition) is 3. The molecular formula is C14H19NO3. The van der Waals surface area contributed by atoms with Crippen molar-refractivity contribution in [1.29, 1.82) is 0 Å². The molecule has 1 aromatic carbocycles. The van der Waals surface area contributed by atoms with Crippen LogP contribution in [0.25, 0.3) is 0 Å². The molecule has 0 saturated heterocycles. The Morgan fingerprint density at radius 3 is 2.78 bits per heavy atom. The van der Waals surface area contributed by atoms with E-state index in [4.69, 9.17) is 0 Å². The fraction of sp³-hybridized carbons (Fsp3) is 0.500. The third-order valence-corrected chi connectivity index (χ3v) is 3.54. The lowest BCUT2D eigenvalue weighted by molar-refractivity contribution is -0.119. The van der Waals surface area contributed by atoms with E-state index in [1.165, 1.54) is 13.0 Å². The number of carbonyl (C=O) groups is 1. The summed E-state index contributed by atoms with van der Waals surface area (Å²) in [7, 11) is 0. The Morgan fingerprint density at radius 2 is 2.11 bits per heavy atom. The third kappa shape index (κ3) is 2.94. The summed E-state index contributed by atoms with van der Waals surface area (Å²) in [5.41, 5.74) is 0.864. The van der Waals surface area contributed by atoms with E-state index in [-0.39, 0.29) is 29.4 Å². The first-order chi connectivity index (χ1) is 8.56. The minimum absolute atomic E-state index is 0.00409. The summed E-state index contributed by atoms with van der Waals surface area (Å²) >= 11 is 0. The predicted molar refractivity (Wildman–Crippen MR) is 68.6 cm³/mol. The van der Waals surface area contributed by atoms with Gasteiger partial charge in [-0.05, 0) is 36.8 Å². The lowest BCUT2D eigenvalue weighted by Gasteiger charge is -2.30. The largest absolute Gasteiger partial charge is 0.508 e. The predicted octanol–water partition coefficient (Wildman–Crippen LogP) is 2.26. The van der Waals surface area contributed by atoms with Gasteiger partial charge in [-0.2, -0.15) is 0 Å². The highest BCUT2D eigenvalue weighted by Crippen LogP contribution is 2.38. The first-order valence-corrected chi connectivity index (χ1v) is 6.35. The molecule has 3 N–H and O–H groups in total. The molecule has 2 unspecified atom stereocenters. The maximum atomic E-state index is 11.1. The van der Waals surface area contributed by atoms with Crippen molar-refractivity contribution in [3.05, 3.63) is 23.8 Å². The zero-order valence-corrected chi connectivity index (χ0v) is 10.5. The first kappa shape index (κ1) is 12.7. The van der Waals surface area contributed by atoms with Crippen molar-refractivity contribution in [2.45, 2.75) is 44.6 Å². The summed E-state index contributed by atoms with van der Waals surface area (Å²) in [5.74, 6) is 0.459. The second kappa shape index (κ2) is 5.29. The fourth-order valence-corrected chi connectivity index (χ4v) is 2.77. The molecule has 18 heavy (non-hydrogen) atoms. The number of phenols is 2. The van der Waals surface area contributed by atoms with Crippen LogP contribution in [-0.2, 0) is 4.79 Å². The van der Waals surface area contributed by atoms with Crippen LogP contribution in [0.5, 0.6) is 11.5 Å². The van der Waals surface area contributed by atoms with Gasteiger partial charge in [-0.1, -0.05) is 12.5 Å². The van der Waals surface area contributed by atoms with Crippen molar-refractivity contribution in [3.8, 4) is 11.5 Å². The molecular weight excluding hydrogens is 230 g/mol. The standard InChI is InChI=1S/C14H19NO3/c1-9(16)15-11-4-2-3-10(7-11)13-6-5-12(17)8-14(13)18/h5-6,8,10-11,17-18H,2-4,7H2,1H3,(H,15,16). The summed E-state index contributed by atoms with van der Waals surface area (Å²) in [6, 6.07) is 4.93. The molecule has 4 nitrogen and oxygen atoms in total. The van der Waals surface area contributed by atoms with Crippen LogP contribution in [0.3, 0.4) is 0 Å². The molecule has 1 amide bonds. The SMILES string of the molecule is CC(=O)NC1CCCC(c2ccc(O)cc2O)C1. The molecule has 1 saturated carbocycles. The average molecular weight is 249 g/mol. The summed E-state index contributed by atoms with van der Waals surface area (Å²) in [5, 5.41) is 22.1. The molecule has 2 rings (SSSR count). The summed E-state index contributed by atoms with van der Waals surface area (Å²) in [6.45, 7) is 1.53. The smallest absolute Gasteiger partial charge is 0.217 e. The molecule has 0 spiro atoms. The molecule has 0 aliphatic heterocycles. The molecule has 0 bridgehead atoms. The monoisotopic (exact) mass is 249 g/mol. The molecule has 1 aliphatic carbocycles. The fourth-order valence-electron chi connectivity index (χ4n) is 2.77. The average Bonchev–Trinajstić information content (AvgIpc) is 2.28. The lowest BCUT2D eigenvalue weighted by Crippen LogP contribution is -2.36. The van der Waals surface area contributed by atoms with Crippen LogP contribution < -0.4 is 5.32 Å². The zero-order chi connectivity index (χ0) is 13.1. The highest BCUT2D eigenvalue weighted by molar-refractivity contribution is 5.73. The van der Waals surface area contributed by atoms with Gasteiger partial charge in [0.25, 0.3) is 0 Å². The summed E-state index contributed by atoms with van der Waals surface area (Å²) in [4.78, 5) is 11.1. The van der Waals surface area contributed by atoms with Gasteiger partial charge in [0.2, 0.25) is 5.91 Å². The molecule has 2 atom stereocenters. The van der Waals surface area contributed by atoms with Crippen molar-refractivity contribution in [2.24, 2.45) is 0 Å². The second-order valence-corrected chi connectivity index (χ2v) is 5.00. The van der Waals surface area contributed by atoms with E-state index >= 15 is 0 Å². The topological polar surface area (TPSA) is 69.6 Å². The van der Waals surface area contributed by atoms with Crippen LogP contribution in [0.1, 0.15) is 44.1 Å². The quantitative estimate of drug-likeness (QED) is 0.753. The van der Waals surface area contributed by atoms with E-state index in [2.05, 4.69) is 5.32 Å². The number of phenolic OH excluding ortho intramolecular Hbond substituents is 2. The highest BCUT2D eigenvalue weighted by Gasteiger charge is 2.25. The van der Waals surface area contributed by atoms with Crippen LogP contribution in [0.4, 0.5) is 0 Å². The molecule has 1 aromatic rings. The zero-order valence-electron chi connectivity index (χ0n) is 10.5. The van der Waals surface area contributed by atoms with Crippen LogP contribution in [0.15, 0.2) is 18.2 Å². The van der Waals surface area contributed by atoms with E-state index in [9.17, 15) is 15.0 Å². The van der Waals surface area contributed by atoms with Crippen molar-refractivity contribution in [1.82, 2.24) is 5.32 Å². The maximum Gasteiger partial charge on any atom is 0.217 e. The van der Waals surface area contributed by atoms with Crippen molar-refractivity contribution in [2.75, 3.05) is 0 Å². The first-order valence-electron chi connectivity index (χ1n) is 6.35. The summed E-state index contributed by atoms with van der Waals surface area (Å²) in [6.07, 6.45) is 3.89. The number of hydrogen-bond acceptors (Lipinski definition) is 3. The number of carbonyl (C=O) groups excluding carboxylic acids is 1. The van der Waals surface area contributed by atoms with Gasteiger partial charge in [0.1, 0.15) is 11.5 Å². The van der Waals surface area contributed by atoms with Crippen LogP contribution in [-0.4, -0.2) is 22.2 Å². The molecule has 0 heterocycles. The Hall–Kier alpha value is -1.71. The van der Waals surface area contributed by atoms with Gasteiger partial charge in [0.15, 0.2) is 0 Å². The lowest BCUT2D eigenvalue weighted by atomic mass is 9.81. The van der Waals surface area contributed by atoms with E-state index in [1.54, 1.807) is 12.1 Å². The summed E-state index contributed by atoms with van der Waals surface area (Å²) < 4.78 is 0. The Labute approximate surface area is 107 Å². The van der Waals surface area contributed by atoms with Gasteiger partial charge < -0.3 is 15.5 Å². The van der Waals surface area contributed by atoms with Gasteiger partial charge in [0, 0.05) is 19.0 Å². The van der Waals surface area contributed by atoms with E-state index in [0.29, 0.717) is 0 Å². The highest BCUT2D eigenvalue weighted by atomic mass is 16.3. The number of benzene rings is 1. The van der Waals surface area contributed by atoms with E-state index < -0.39 is 0 Å². The maximum absolute atomic E-state index is 11.1. The normalized spacial score (nSPS) is 23.6. The van der Waals surface area contributed by atoms with Crippen LogP contribution in [0.2, 0.25) is 0 Å². The molecule has 1 fully saturated rings. The minimum Gasteiger partial charge on any atom is -0.508 e. The van der Waals surface area contributed by atoms with Gasteiger partial charge in [-0.15, -0.1) is 0 Å². The van der Waals surface area contributed by atoms with Crippen LogP contribution in [0, 0.1) is 0 Å². The van der Waals surface area contributed by atoms with E-state index in [1.807, 2.05) is 0 Å². The molecule has 4 heteroatoms. The van der Waals surface area contributed by atoms with Gasteiger partial charge >= 0.3 is 0 Å². The van der Waals surface area contributed by atoms with Crippen molar-refractivity contribution in [3.63, 3.8) is 0 Å². The van der Waals surface area contributed by atoms with Crippen LogP contribution >= 0.6 is 0 Å². The molecule has 0 aromatic heterocycles. The van der Waals surface area contributed by atoms with Crippen molar-refractivity contribution < 1.29 is 15.0 Å². The van der Waals surface area contributed by atoms with Crippen molar-refractivity contribution >= 4 is 5.91 Å². The third-order valence-electron chi connectivity index (χ3n) is 3.54. The number of nitrogens with one attached hydrogen (secondary N) is 1. The minimum atomic E-state index is -0.00409. The number of aromatic hydroxyl groups is 2. The Kier molecular flexibility index (Phi) is 3.75. The Bertz CT molecular complexity index is 445. The van der Waals surface area contributed by atoms with Gasteiger partial charge in [-0.25, -0.2) is 0 Å². The molecule has 0 radical (unpaired) electrons. The Balaban J connectivity index is 2.10. The Morgan fingerprint density at radius 1 is 1.33 bits per heavy atom. The molecule has 98 valence electrons. The molecule has 1 aliphatic rings. The van der Waals surface area contributed by atoms with Gasteiger partial charge in [-0.3, -0.25) is 4.79 Å². The van der Waals surface area contributed by atoms with Gasteiger partial charge in [0.05, 0.1) is 0 Å². The number of rotatable bonds is 2. The van der Waals surface area contributed by atoms with E-state index in [0.717, 1.165) is 31.2 Å². The second-order valence-electron chi connectivity index (χ2n) is 5.00.